The van der Waals surface area contributed by atoms with Crippen LogP contribution in [0.1, 0.15) is 15.9 Å². The van der Waals surface area contributed by atoms with Gasteiger partial charge in [0.1, 0.15) is 5.15 Å². The second kappa shape index (κ2) is 6.07. The molecule has 1 amide bonds. The van der Waals surface area contributed by atoms with Crippen LogP contribution in [0, 0.1) is 10.5 Å². The number of aromatic nitrogens is 1. The number of nitrogens with zero attached hydrogens (tertiary/aromatic N) is 1. The predicted octanol–water partition coefficient (Wildman–Crippen LogP) is 4.55. The molecule has 0 aliphatic carbocycles. The van der Waals surface area contributed by atoms with E-state index in [1.807, 2.05) is 25.1 Å². The summed E-state index contributed by atoms with van der Waals surface area (Å²) in [5.74, 6) is -0.272. The molecular weight excluding hydrogens is 398 g/mol. The van der Waals surface area contributed by atoms with Crippen LogP contribution >= 0.6 is 45.8 Å². The molecule has 0 fully saturated rings. The van der Waals surface area contributed by atoms with Crippen LogP contribution in [0.2, 0.25) is 10.2 Å². The lowest BCUT2D eigenvalue weighted by Gasteiger charge is -2.07. The van der Waals surface area contributed by atoms with Crippen LogP contribution in [0.5, 0.6) is 0 Å². The third-order valence-corrected chi connectivity index (χ3v) is 4.34. The van der Waals surface area contributed by atoms with Gasteiger partial charge >= 0.3 is 0 Å². The fourth-order valence-corrected chi connectivity index (χ4v) is 2.20. The number of pyridine rings is 1. The van der Waals surface area contributed by atoms with Crippen molar-refractivity contribution in [1.82, 2.24) is 4.98 Å². The van der Waals surface area contributed by atoms with E-state index in [0.717, 1.165) is 14.8 Å². The van der Waals surface area contributed by atoms with Gasteiger partial charge in [0.15, 0.2) is 0 Å². The summed E-state index contributed by atoms with van der Waals surface area (Å²) in [5, 5.41) is 3.23. The van der Waals surface area contributed by atoms with Crippen molar-refractivity contribution in [3.63, 3.8) is 0 Å². The molecule has 19 heavy (non-hydrogen) atoms. The van der Waals surface area contributed by atoms with Crippen molar-refractivity contribution in [2.75, 3.05) is 5.32 Å². The summed E-state index contributed by atoms with van der Waals surface area (Å²) < 4.78 is 1.09. The molecule has 0 radical (unpaired) electrons. The minimum Gasteiger partial charge on any atom is -0.322 e. The average molecular weight is 407 g/mol. The third kappa shape index (κ3) is 3.58. The molecule has 0 unspecified atom stereocenters. The van der Waals surface area contributed by atoms with Gasteiger partial charge in [-0.25, -0.2) is 4.98 Å². The van der Waals surface area contributed by atoms with Gasteiger partial charge in [-0.05, 0) is 53.3 Å². The quantitative estimate of drug-likeness (QED) is 0.587. The van der Waals surface area contributed by atoms with Gasteiger partial charge in [0.2, 0.25) is 0 Å². The largest absolute Gasteiger partial charge is 0.322 e. The summed E-state index contributed by atoms with van der Waals surface area (Å²) >= 11 is 13.8. The minimum atomic E-state index is -0.272. The van der Waals surface area contributed by atoms with Gasteiger partial charge in [0, 0.05) is 15.5 Å². The number of hydrogen-bond acceptors (Lipinski definition) is 2. The van der Waals surface area contributed by atoms with E-state index in [0.29, 0.717) is 5.56 Å². The zero-order chi connectivity index (χ0) is 14.0. The number of rotatable bonds is 2. The Kier molecular flexibility index (Phi) is 4.65. The highest BCUT2D eigenvalue weighted by Gasteiger charge is 2.09. The second-order valence-electron chi connectivity index (χ2n) is 3.91. The Labute approximate surface area is 134 Å². The first-order valence-corrected chi connectivity index (χ1v) is 7.19. The van der Waals surface area contributed by atoms with Crippen LogP contribution in [-0.4, -0.2) is 10.9 Å². The third-order valence-electron chi connectivity index (χ3n) is 2.49. The Hall–Kier alpha value is -0.850. The lowest BCUT2D eigenvalue weighted by atomic mass is 10.2. The fraction of sp³-hybridized carbons (Fsp3) is 0.0769. The van der Waals surface area contributed by atoms with Gasteiger partial charge in [0.25, 0.3) is 5.91 Å². The Morgan fingerprint density at radius 1 is 1.32 bits per heavy atom. The maximum absolute atomic E-state index is 12.0. The van der Waals surface area contributed by atoms with Gasteiger partial charge in [-0.15, -0.1) is 0 Å². The molecular formula is C13H9Cl2IN2O. The number of anilines is 1. The normalized spacial score (nSPS) is 10.3. The Morgan fingerprint density at radius 2 is 2.05 bits per heavy atom. The van der Waals surface area contributed by atoms with E-state index < -0.39 is 0 Å². The molecule has 0 aliphatic heterocycles. The summed E-state index contributed by atoms with van der Waals surface area (Å²) in [5.41, 5.74) is 2.26. The number of aryl methyl sites for hydroxylation is 1. The fourth-order valence-electron chi connectivity index (χ4n) is 1.42. The monoisotopic (exact) mass is 406 g/mol. The lowest BCUT2D eigenvalue weighted by Crippen LogP contribution is -2.12. The van der Waals surface area contributed by atoms with Crippen molar-refractivity contribution in [1.29, 1.82) is 0 Å². The molecule has 0 saturated carbocycles. The van der Waals surface area contributed by atoms with Crippen LogP contribution in [0.4, 0.5) is 5.69 Å². The lowest BCUT2D eigenvalue weighted by molar-refractivity contribution is 0.102. The van der Waals surface area contributed by atoms with E-state index in [2.05, 4.69) is 32.9 Å². The molecule has 1 heterocycles. The standard InChI is InChI=1S/C13H9Cl2IN2O/c1-7-2-3-9(5-11(7)16)18-13(19)8-4-10(14)12(15)17-6-8/h2-6H,1H3,(H,18,19). The van der Waals surface area contributed by atoms with Gasteiger partial charge < -0.3 is 5.32 Å². The summed E-state index contributed by atoms with van der Waals surface area (Å²) in [6, 6.07) is 7.19. The Balaban J connectivity index is 2.20. The van der Waals surface area contributed by atoms with Crippen LogP contribution in [0.3, 0.4) is 0 Å². The maximum atomic E-state index is 12.0. The van der Waals surface area contributed by atoms with E-state index in [-0.39, 0.29) is 16.1 Å². The van der Waals surface area contributed by atoms with Crippen molar-refractivity contribution in [2.24, 2.45) is 0 Å². The van der Waals surface area contributed by atoms with Gasteiger partial charge in [-0.2, -0.15) is 0 Å². The number of nitrogens with one attached hydrogen (secondary N) is 1. The van der Waals surface area contributed by atoms with Crippen LogP contribution in [0.15, 0.2) is 30.5 Å². The zero-order valence-corrected chi connectivity index (χ0v) is 13.5. The summed E-state index contributed by atoms with van der Waals surface area (Å²) in [7, 11) is 0. The molecule has 6 heteroatoms. The number of benzene rings is 1. The number of carbonyl (C=O) groups excluding carboxylic acids is 1. The zero-order valence-electron chi connectivity index (χ0n) is 9.88. The topological polar surface area (TPSA) is 42.0 Å². The molecule has 1 aromatic carbocycles. The van der Waals surface area contributed by atoms with Gasteiger partial charge in [-0.1, -0.05) is 29.3 Å². The first-order chi connectivity index (χ1) is 8.97. The SMILES string of the molecule is Cc1ccc(NC(=O)c2cnc(Cl)c(Cl)c2)cc1I. The summed E-state index contributed by atoms with van der Waals surface area (Å²) in [6.45, 7) is 2.01. The van der Waals surface area contributed by atoms with E-state index in [1.54, 1.807) is 0 Å². The molecule has 0 spiro atoms. The molecule has 0 atom stereocenters. The Morgan fingerprint density at radius 3 is 2.68 bits per heavy atom. The molecule has 98 valence electrons. The van der Waals surface area contributed by atoms with E-state index in [9.17, 15) is 4.79 Å². The summed E-state index contributed by atoms with van der Waals surface area (Å²) in [6.07, 6.45) is 1.39. The van der Waals surface area contributed by atoms with Crippen molar-refractivity contribution in [2.45, 2.75) is 6.92 Å². The molecule has 1 N–H and O–H groups in total. The van der Waals surface area contributed by atoms with Crippen molar-refractivity contribution >= 4 is 57.4 Å². The van der Waals surface area contributed by atoms with Gasteiger partial charge in [0.05, 0.1) is 10.6 Å². The first-order valence-electron chi connectivity index (χ1n) is 5.36. The minimum absolute atomic E-state index is 0.183. The van der Waals surface area contributed by atoms with E-state index in [4.69, 9.17) is 23.2 Å². The second-order valence-corrected chi connectivity index (χ2v) is 5.84. The highest BCUT2D eigenvalue weighted by Crippen LogP contribution is 2.21. The van der Waals surface area contributed by atoms with Crippen molar-refractivity contribution in [3.05, 3.63) is 55.3 Å². The predicted molar refractivity (Wildman–Crippen MR) is 86.1 cm³/mol. The molecule has 3 nitrogen and oxygen atoms in total. The van der Waals surface area contributed by atoms with Gasteiger partial charge in [-0.3, -0.25) is 4.79 Å². The van der Waals surface area contributed by atoms with Crippen LogP contribution in [0.25, 0.3) is 0 Å². The number of carbonyl (C=O) groups is 1. The number of hydrogen-bond donors (Lipinski definition) is 1. The van der Waals surface area contributed by atoms with E-state index in [1.165, 1.54) is 12.3 Å². The highest BCUT2D eigenvalue weighted by atomic mass is 127. The smallest absolute Gasteiger partial charge is 0.257 e. The van der Waals surface area contributed by atoms with Crippen LogP contribution in [-0.2, 0) is 0 Å². The molecule has 0 bridgehead atoms. The number of amides is 1. The van der Waals surface area contributed by atoms with Crippen molar-refractivity contribution in [3.8, 4) is 0 Å². The number of halogens is 3. The van der Waals surface area contributed by atoms with Crippen LogP contribution < -0.4 is 5.32 Å². The van der Waals surface area contributed by atoms with E-state index >= 15 is 0 Å². The maximum Gasteiger partial charge on any atom is 0.257 e. The molecule has 0 aliphatic rings. The highest BCUT2D eigenvalue weighted by molar-refractivity contribution is 14.1. The first kappa shape index (κ1) is 14.6. The molecule has 2 rings (SSSR count). The Bertz CT molecular complexity index is 647. The molecule has 0 saturated heterocycles. The average Bonchev–Trinajstić information content (AvgIpc) is 2.37. The molecule has 1 aromatic heterocycles. The van der Waals surface area contributed by atoms with Crippen molar-refractivity contribution < 1.29 is 4.79 Å². The summed E-state index contributed by atoms with van der Waals surface area (Å²) in [4.78, 5) is 15.9. The molecule has 2 aromatic rings.